The second kappa shape index (κ2) is 9.49. The molecule has 0 bridgehead atoms. The van der Waals surface area contributed by atoms with E-state index in [1.807, 2.05) is 9.97 Å². The molecule has 33 heavy (non-hydrogen) atoms. The van der Waals surface area contributed by atoms with Gasteiger partial charge in [0.25, 0.3) is 0 Å². The Balaban J connectivity index is 1.55. The van der Waals surface area contributed by atoms with Crippen LogP contribution in [-0.4, -0.2) is 45.3 Å². The summed E-state index contributed by atoms with van der Waals surface area (Å²) in [7, 11) is 0. The summed E-state index contributed by atoms with van der Waals surface area (Å²) in [6.45, 7) is -0.299. The smallest absolute Gasteiger partial charge is 0.338 e. The maximum atomic E-state index is 12.6. The van der Waals surface area contributed by atoms with E-state index in [0.29, 0.717) is 15.7 Å². The molecule has 2 heterocycles. The Kier molecular flexibility index (Phi) is 6.31. The summed E-state index contributed by atoms with van der Waals surface area (Å²) in [5.41, 5.74) is -2.31. The minimum Gasteiger partial charge on any atom is -0.459 e. The largest absolute Gasteiger partial charge is 0.459 e. The van der Waals surface area contributed by atoms with Gasteiger partial charge in [-0.25, -0.2) is 28.5 Å². The zero-order valence-corrected chi connectivity index (χ0v) is 17.1. The molecule has 1 aliphatic rings. The number of hydrogen-bond donors (Lipinski definition) is 2. The number of rotatable bonds is 6. The Hall–Kier alpha value is -4.25. The van der Waals surface area contributed by atoms with Crippen LogP contribution in [0.15, 0.2) is 75.0 Å². The standard InChI is InChI=1S/C22H19N3O8/c26-18(13-7-3-1-4-8-13)31-12-16-15(33-19(27)14-9-5-2-6-10-14)11-17(32-16)25-21(29)23-20(28)24-22(25)30/h1-10,15-17H,11-12H2,(H2,23,24,28,29,30)/t15-,16+,17+/m0/s1. The highest BCUT2D eigenvalue weighted by molar-refractivity contribution is 5.90. The highest BCUT2D eigenvalue weighted by Crippen LogP contribution is 2.30. The third-order valence-corrected chi connectivity index (χ3v) is 5.00. The molecule has 0 unspecified atom stereocenters. The normalized spacial score (nSPS) is 19.7. The Morgan fingerprint density at radius 1 is 0.879 bits per heavy atom. The van der Waals surface area contributed by atoms with Crippen molar-refractivity contribution in [2.75, 3.05) is 6.61 Å². The number of aromatic amines is 2. The molecule has 2 aromatic carbocycles. The predicted molar refractivity (Wildman–Crippen MR) is 113 cm³/mol. The number of ether oxygens (including phenoxy) is 3. The first-order valence-electron chi connectivity index (χ1n) is 10.0. The van der Waals surface area contributed by atoms with Crippen molar-refractivity contribution < 1.29 is 23.8 Å². The van der Waals surface area contributed by atoms with Crippen LogP contribution in [0.3, 0.4) is 0 Å². The monoisotopic (exact) mass is 453 g/mol. The van der Waals surface area contributed by atoms with Gasteiger partial charge in [-0.3, -0.25) is 9.97 Å². The van der Waals surface area contributed by atoms with Gasteiger partial charge in [0.15, 0.2) is 0 Å². The molecule has 3 aromatic rings. The van der Waals surface area contributed by atoms with Crippen LogP contribution in [0, 0.1) is 0 Å². The average Bonchev–Trinajstić information content (AvgIpc) is 3.19. The van der Waals surface area contributed by atoms with Gasteiger partial charge in [-0.2, -0.15) is 0 Å². The molecule has 170 valence electrons. The van der Waals surface area contributed by atoms with Crippen molar-refractivity contribution in [3.05, 3.63) is 103 Å². The fourth-order valence-electron chi connectivity index (χ4n) is 3.43. The molecule has 1 fully saturated rings. The lowest BCUT2D eigenvalue weighted by Gasteiger charge is -2.19. The van der Waals surface area contributed by atoms with Crippen molar-refractivity contribution in [3.8, 4) is 0 Å². The zero-order chi connectivity index (χ0) is 23.4. The van der Waals surface area contributed by atoms with E-state index in [1.54, 1.807) is 60.7 Å². The second-order valence-corrected chi connectivity index (χ2v) is 7.20. The summed E-state index contributed by atoms with van der Waals surface area (Å²) in [5, 5.41) is 0. The van der Waals surface area contributed by atoms with Gasteiger partial charge in [0, 0.05) is 6.42 Å². The highest BCUT2D eigenvalue weighted by Gasteiger charge is 2.41. The molecule has 3 atom stereocenters. The van der Waals surface area contributed by atoms with Gasteiger partial charge in [-0.05, 0) is 24.3 Å². The van der Waals surface area contributed by atoms with E-state index < -0.39 is 47.4 Å². The number of H-pyrrole nitrogens is 2. The molecule has 1 aliphatic heterocycles. The fraction of sp³-hybridized carbons (Fsp3) is 0.227. The lowest BCUT2D eigenvalue weighted by atomic mass is 10.1. The van der Waals surface area contributed by atoms with Crippen LogP contribution in [-0.2, 0) is 14.2 Å². The van der Waals surface area contributed by atoms with Crippen molar-refractivity contribution >= 4 is 11.9 Å². The minimum atomic E-state index is -1.16. The van der Waals surface area contributed by atoms with Crippen LogP contribution in [0.2, 0.25) is 0 Å². The van der Waals surface area contributed by atoms with Gasteiger partial charge in [0.05, 0.1) is 11.1 Å². The minimum absolute atomic E-state index is 0.0822. The van der Waals surface area contributed by atoms with Gasteiger partial charge in [0.2, 0.25) is 0 Å². The zero-order valence-electron chi connectivity index (χ0n) is 17.1. The lowest BCUT2D eigenvalue weighted by molar-refractivity contribution is -0.0593. The van der Waals surface area contributed by atoms with E-state index >= 15 is 0 Å². The molecule has 11 heteroatoms. The molecular weight excluding hydrogens is 434 g/mol. The van der Waals surface area contributed by atoms with Crippen molar-refractivity contribution in [1.29, 1.82) is 0 Å². The first-order valence-corrected chi connectivity index (χ1v) is 10.0. The topological polar surface area (TPSA) is 150 Å². The summed E-state index contributed by atoms with van der Waals surface area (Å²) in [6.07, 6.45) is -3.15. The first-order chi connectivity index (χ1) is 15.9. The number of aromatic nitrogens is 3. The average molecular weight is 453 g/mol. The predicted octanol–water partition coefficient (Wildman–Crippen LogP) is 0.595. The molecule has 2 N–H and O–H groups in total. The summed E-state index contributed by atoms with van der Waals surface area (Å²) in [6, 6.07) is 16.5. The molecular formula is C22H19N3O8. The summed E-state index contributed by atoms with van der Waals surface area (Å²) < 4.78 is 17.3. The van der Waals surface area contributed by atoms with Gasteiger partial charge >= 0.3 is 29.0 Å². The molecule has 0 radical (unpaired) electrons. The van der Waals surface area contributed by atoms with Crippen LogP contribution in [0.4, 0.5) is 0 Å². The molecule has 11 nitrogen and oxygen atoms in total. The molecule has 0 amide bonds. The first kappa shape index (κ1) is 22.0. The van der Waals surface area contributed by atoms with Crippen molar-refractivity contribution in [2.45, 2.75) is 24.9 Å². The number of esters is 2. The second-order valence-electron chi connectivity index (χ2n) is 7.20. The Morgan fingerprint density at radius 3 is 2.00 bits per heavy atom. The van der Waals surface area contributed by atoms with Crippen LogP contribution < -0.4 is 17.1 Å². The van der Waals surface area contributed by atoms with E-state index in [0.717, 1.165) is 0 Å². The fourth-order valence-corrected chi connectivity index (χ4v) is 3.43. The van der Waals surface area contributed by atoms with Gasteiger partial charge in [-0.15, -0.1) is 0 Å². The van der Waals surface area contributed by atoms with Crippen LogP contribution in [0.1, 0.15) is 33.4 Å². The van der Waals surface area contributed by atoms with E-state index in [4.69, 9.17) is 14.2 Å². The Bertz CT molecular complexity index is 1280. The maximum absolute atomic E-state index is 12.6. The quantitative estimate of drug-likeness (QED) is 0.515. The number of benzene rings is 2. The van der Waals surface area contributed by atoms with E-state index in [2.05, 4.69) is 0 Å². The number of carbonyl (C=O) groups excluding carboxylic acids is 2. The lowest BCUT2D eigenvalue weighted by Crippen LogP contribution is -2.45. The third kappa shape index (κ3) is 4.99. The highest BCUT2D eigenvalue weighted by atomic mass is 16.6. The van der Waals surface area contributed by atoms with Gasteiger partial charge < -0.3 is 14.2 Å². The Morgan fingerprint density at radius 2 is 1.42 bits per heavy atom. The SMILES string of the molecule is O=C(OC[C@H]1O[C@@H](n2c(=O)[nH]c(=O)[nH]c2=O)C[C@@H]1OC(=O)c1ccccc1)c1ccccc1. The molecule has 0 saturated carbocycles. The molecule has 0 aliphatic carbocycles. The summed E-state index contributed by atoms with van der Waals surface area (Å²) in [4.78, 5) is 64.4. The molecule has 1 aromatic heterocycles. The Labute approximate surface area is 185 Å². The van der Waals surface area contributed by atoms with Crippen LogP contribution in [0.5, 0.6) is 0 Å². The van der Waals surface area contributed by atoms with E-state index in [9.17, 15) is 24.0 Å². The van der Waals surface area contributed by atoms with Gasteiger partial charge in [-0.1, -0.05) is 36.4 Å². The molecule has 1 saturated heterocycles. The maximum Gasteiger partial charge on any atom is 0.338 e. The van der Waals surface area contributed by atoms with Crippen molar-refractivity contribution in [1.82, 2.24) is 14.5 Å². The van der Waals surface area contributed by atoms with Crippen molar-refractivity contribution in [3.63, 3.8) is 0 Å². The molecule has 0 spiro atoms. The number of nitrogens with zero attached hydrogens (tertiary/aromatic N) is 1. The summed E-state index contributed by atoms with van der Waals surface area (Å²) in [5.74, 6) is -1.26. The van der Waals surface area contributed by atoms with E-state index in [1.165, 1.54) is 0 Å². The number of hydrogen-bond acceptors (Lipinski definition) is 8. The number of carbonyl (C=O) groups is 2. The third-order valence-electron chi connectivity index (χ3n) is 5.00. The van der Waals surface area contributed by atoms with Crippen LogP contribution in [0.25, 0.3) is 0 Å². The summed E-state index contributed by atoms with van der Waals surface area (Å²) >= 11 is 0. The van der Waals surface area contributed by atoms with Crippen LogP contribution >= 0.6 is 0 Å². The number of nitrogens with one attached hydrogen (secondary N) is 2. The van der Waals surface area contributed by atoms with Crippen molar-refractivity contribution in [2.24, 2.45) is 0 Å². The van der Waals surface area contributed by atoms with E-state index in [-0.39, 0.29) is 13.0 Å². The van der Waals surface area contributed by atoms with Gasteiger partial charge in [0.1, 0.15) is 25.0 Å². The molecule has 4 rings (SSSR count).